The van der Waals surface area contributed by atoms with E-state index in [1.165, 1.54) is 218 Å². The van der Waals surface area contributed by atoms with Gasteiger partial charge in [0.2, 0.25) is 0 Å². The molecule has 0 spiro atoms. The lowest BCUT2D eigenvalue weighted by atomic mass is 10.0. The summed E-state index contributed by atoms with van der Waals surface area (Å²) in [6.07, 6.45) is 88.4. The molecule has 79 heavy (non-hydrogen) atoms. The van der Waals surface area contributed by atoms with Gasteiger partial charge in [-0.2, -0.15) is 0 Å². The molecule has 0 saturated carbocycles. The molecule has 0 heterocycles. The van der Waals surface area contributed by atoms with Crippen molar-refractivity contribution < 1.29 is 28.6 Å². The van der Waals surface area contributed by atoms with Gasteiger partial charge in [0.1, 0.15) is 13.2 Å². The Morgan fingerprint density at radius 3 is 0.797 bits per heavy atom. The van der Waals surface area contributed by atoms with Gasteiger partial charge in [-0.1, -0.05) is 318 Å². The minimum atomic E-state index is -0.789. The van der Waals surface area contributed by atoms with Crippen molar-refractivity contribution in [3.63, 3.8) is 0 Å². The summed E-state index contributed by atoms with van der Waals surface area (Å²) < 4.78 is 16.8. The molecule has 0 saturated heterocycles. The Kier molecular flexibility index (Phi) is 64.7. The lowest BCUT2D eigenvalue weighted by Crippen LogP contribution is -2.30. The van der Waals surface area contributed by atoms with Crippen molar-refractivity contribution in [2.24, 2.45) is 0 Å². The zero-order valence-electron chi connectivity index (χ0n) is 52.6. The van der Waals surface area contributed by atoms with Gasteiger partial charge in [0.05, 0.1) is 0 Å². The number of rotatable bonds is 63. The topological polar surface area (TPSA) is 78.9 Å². The summed E-state index contributed by atoms with van der Waals surface area (Å²) in [5.74, 6) is -0.911. The van der Waals surface area contributed by atoms with E-state index < -0.39 is 6.10 Å². The van der Waals surface area contributed by atoms with E-state index in [2.05, 4.69) is 93.7 Å². The highest BCUT2D eigenvalue weighted by atomic mass is 16.6. The summed E-state index contributed by atoms with van der Waals surface area (Å²) >= 11 is 0. The van der Waals surface area contributed by atoms with Crippen LogP contribution in [0.15, 0.2) is 72.9 Å². The number of hydrogen-bond acceptors (Lipinski definition) is 6. The van der Waals surface area contributed by atoms with Crippen LogP contribution in [0.5, 0.6) is 0 Å². The summed E-state index contributed by atoms with van der Waals surface area (Å²) in [5, 5.41) is 0. The molecule has 0 aromatic heterocycles. The van der Waals surface area contributed by atoms with Crippen molar-refractivity contribution in [1.82, 2.24) is 0 Å². The number of carbonyl (C=O) groups is 3. The smallest absolute Gasteiger partial charge is 0.306 e. The maximum Gasteiger partial charge on any atom is 0.306 e. The first-order valence-electron chi connectivity index (χ1n) is 34.4. The van der Waals surface area contributed by atoms with E-state index in [1.807, 2.05) is 0 Å². The first-order valence-corrected chi connectivity index (χ1v) is 34.4. The van der Waals surface area contributed by atoms with Crippen molar-refractivity contribution in [1.29, 1.82) is 0 Å². The molecule has 0 aromatic rings. The third kappa shape index (κ3) is 65.5. The molecule has 0 rings (SSSR count). The Hall–Kier alpha value is -3.15. The molecule has 1 atom stereocenters. The van der Waals surface area contributed by atoms with Gasteiger partial charge in [0, 0.05) is 19.3 Å². The third-order valence-electron chi connectivity index (χ3n) is 15.2. The molecule has 0 aliphatic heterocycles. The van der Waals surface area contributed by atoms with E-state index in [4.69, 9.17) is 14.2 Å². The van der Waals surface area contributed by atoms with Crippen LogP contribution >= 0.6 is 0 Å². The minimum Gasteiger partial charge on any atom is -0.462 e. The summed E-state index contributed by atoms with van der Waals surface area (Å²) in [7, 11) is 0. The number of esters is 3. The number of hydrogen-bond donors (Lipinski definition) is 0. The van der Waals surface area contributed by atoms with Gasteiger partial charge in [-0.25, -0.2) is 0 Å². The van der Waals surface area contributed by atoms with Crippen LogP contribution in [0, 0.1) is 0 Å². The second-order valence-electron chi connectivity index (χ2n) is 23.1. The van der Waals surface area contributed by atoms with Crippen LogP contribution < -0.4 is 0 Å². The summed E-state index contributed by atoms with van der Waals surface area (Å²) in [6, 6.07) is 0. The lowest BCUT2D eigenvalue weighted by molar-refractivity contribution is -0.167. The number of carbonyl (C=O) groups excluding carboxylic acids is 3. The van der Waals surface area contributed by atoms with Gasteiger partial charge in [-0.3, -0.25) is 14.4 Å². The van der Waals surface area contributed by atoms with Crippen LogP contribution in [-0.4, -0.2) is 37.2 Å². The number of ether oxygens (including phenoxy) is 3. The predicted molar refractivity (Wildman–Crippen MR) is 344 cm³/mol. The SMILES string of the molecule is CC/C=C\C/C=C\C/C=C\C/C=C\C/C=C\CCCCCC(=O)OC(COC(=O)CCCCCCCCC)COC(=O)CCCCCCCCCCCCCCCCCCCCCCCCC/C=C\CCCCCCCCCC. The van der Waals surface area contributed by atoms with Crippen LogP contribution in [0.25, 0.3) is 0 Å². The standard InChI is InChI=1S/C73H130O6/c1-4-7-10-13-16-18-20-22-24-26-28-29-30-31-32-33-34-35-36-37-38-39-40-41-42-43-45-46-48-50-52-54-57-60-63-66-72(75)78-69-70(68-77-71(74)65-62-59-56-15-12-9-6-3)79-73(76)67-64-61-58-55-53-51-49-47-44-27-25-23-21-19-17-14-11-8-5-2/h8,11,17,19,23,25-26,28,44,47,51,53,70H,4-7,9-10,12-16,18,20-22,24,27,29-43,45-46,48-50,52,54-69H2,1-3H3/b11-8-,19-17-,25-23-,28-26-,47-44-,53-51-. The Morgan fingerprint density at radius 1 is 0.266 bits per heavy atom. The minimum absolute atomic E-state index is 0.0854. The fourth-order valence-electron chi connectivity index (χ4n) is 10.1. The maximum absolute atomic E-state index is 12.8. The summed E-state index contributed by atoms with van der Waals surface area (Å²) in [4.78, 5) is 38.1. The summed E-state index contributed by atoms with van der Waals surface area (Å²) in [5.41, 5.74) is 0. The first-order chi connectivity index (χ1) is 39.0. The molecular weight excluding hydrogens is 973 g/mol. The van der Waals surface area contributed by atoms with E-state index in [0.29, 0.717) is 19.3 Å². The average molecular weight is 1100 g/mol. The largest absolute Gasteiger partial charge is 0.462 e. The number of allylic oxidation sites excluding steroid dienone is 12. The van der Waals surface area contributed by atoms with E-state index >= 15 is 0 Å². The zero-order chi connectivity index (χ0) is 57.1. The molecule has 0 aliphatic carbocycles. The van der Waals surface area contributed by atoms with Crippen molar-refractivity contribution in [3.05, 3.63) is 72.9 Å². The molecule has 6 heteroatoms. The Balaban J connectivity index is 3.99. The molecule has 0 N–H and O–H groups in total. The van der Waals surface area contributed by atoms with Gasteiger partial charge in [0.25, 0.3) is 0 Å². The first kappa shape index (κ1) is 75.8. The molecular formula is C73H130O6. The van der Waals surface area contributed by atoms with Gasteiger partial charge in [-0.15, -0.1) is 0 Å². The molecule has 0 fully saturated rings. The number of unbranched alkanes of at least 4 members (excludes halogenated alkanes) is 40. The van der Waals surface area contributed by atoms with Gasteiger partial charge >= 0.3 is 17.9 Å². The predicted octanol–water partition coefficient (Wildman–Crippen LogP) is 23.7. The van der Waals surface area contributed by atoms with Crippen LogP contribution in [0.3, 0.4) is 0 Å². The monoisotopic (exact) mass is 1100 g/mol. The average Bonchev–Trinajstić information content (AvgIpc) is 3.45. The highest BCUT2D eigenvalue weighted by Crippen LogP contribution is 2.18. The van der Waals surface area contributed by atoms with E-state index in [-0.39, 0.29) is 31.1 Å². The van der Waals surface area contributed by atoms with Gasteiger partial charge in [0.15, 0.2) is 6.10 Å². The molecule has 0 bridgehead atoms. The molecule has 0 aromatic carbocycles. The zero-order valence-corrected chi connectivity index (χ0v) is 52.6. The van der Waals surface area contributed by atoms with Crippen molar-refractivity contribution in [2.45, 2.75) is 361 Å². The quantitative estimate of drug-likeness (QED) is 0.0261. The van der Waals surface area contributed by atoms with Crippen molar-refractivity contribution in [3.8, 4) is 0 Å². The van der Waals surface area contributed by atoms with Gasteiger partial charge < -0.3 is 14.2 Å². The Labute approximate surface area is 491 Å². The van der Waals surface area contributed by atoms with E-state index in [9.17, 15) is 14.4 Å². The Morgan fingerprint density at radius 2 is 0.494 bits per heavy atom. The second kappa shape index (κ2) is 67.4. The molecule has 458 valence electrons. The summed E-state index contributed by atoms with van der Waals surface area (Å²) in [6.45, 7) is 6.49. The molecule has 0 radical (unpaired) electrons. The highest BCUT2D eigenvalue weighted by Gasteiger charge is 2.19. The highest BCUT2D eigenvalue weighted by molar-refractivity contribution is 5.71. The fourth-order valence-corrected chi connectivity index (χ4v) is 10.1. The van der Waals surface area contributed by atoms with E-state index in [0.717, 1.165) is 96.3 Å². The van der Waals surface area contributed by atoms with Crippen LogP contribution in [0.2, 0.25) is 0 Å². The maximum atomic E-state index is 12.8. The molecule has 6 nitrogen and oxygen atoms in total. The normalized spacial score (nSPS) is 12.5. The van der Waals surface area contributed by atoms with Crippen LogP contribution in [-0.2, 0) is 28.6 Å². The third-order valence-corrected chi connectivity index (χ3v) is 15.2. The molecule has 1 unspecified atom stereocenters. The van der Waals surface area contributed by atoms with E-state index in [1.54, 1.807) is 0 Å². The molecule has 0 aliphatic rings. The van der Waals surface area contributed by atoms with Crippen LogP contribution in [0.4, 0.5) is 0 Å². The van der Waals surface area contributed by atoms with Gasteiger partial charge in [-0.05, 0) is 89.9 Å². The second-order valence-corrected chi connectivity index (χ2v) is 23.1. The Bertz CT molecular complexity index is 1450. The van der Waals surface area contributed by atoms with Crippen molar-refractivity contribution in [2.75, 3.05) is 13.2 Å². The van der Waals surface area contributed by atoms with Crippen LogP contribution in [0.1, 0.15) is 355 Å². The fraction of sp³-hybridized carbons (Fsp3) is 0.795. The van der Waals surface area contributed by atoms with Crippen molar-refractivity contribution >= 4 is 17.9 Å². The molecule has 0 amide bonds. The lowest BCUT2D eigenvalue weighted by Gasteiger charge is -2.18.